The molecule has 0 saturated carbocycles. The molecule has 0 amide bonds. The Bertz CT molecular complexity index is 334. The SMILES string of the molecule is C=C(CC(C)C)NC(CC(C)C)C(=C)NC(C)C(C)(C)C. The summed E-state index contributed by atoms with van der Waals surface area (Å²) in [6.07, 6.45) is 2.08. The summed E-state index contributed by atoms with van der Waals surface area (Å²) in [5.41, 5.74) is 2.42. The predicted octanol–water partition coefficient (Wildman–Crippen LogP) is 5.09. The Hall–Kier alpha value is -0.920. The molecule has 0 aromatic heterocycles. The van der Waals surface area contributed by atoms with Gasteiger partial charge < -0.3 is 10.6 Å². The molecule has 0 rings (SSSR count). The number of allylic oxidation sites excluding steroid dienone is 1. The summed E-state index contributed by atoms with van der Waals surface area (Å²) in [6.45, 7) is 26.4. The van der Waals surface area contributed by atoms with Crippen molar-refractivity contribution < 1.29 is 0 Å². The van der Waals surface area contributed by atoms with E-state index in [0.717, 1.165) is 24.2 Å². The minimum absolute atomic E-state index is 0.222. The van der Waals surface area contributed by atoms with Crippen molar-refractivity contribution in [2.24, 2.45) is 17.3 Å². The lowest BCUT2D eigenvalue weighted by atomic mass is 9.87. The molecule has 21 heavy (non-hydrogen) atoms. The van der Waals surface area contributed by atoms with Crippen LogP contribution in [0, 0.1) is 17.3 Å². The summed E-state index contributed by atoms with van der Waals surface area (Å²) in [6, 6.07) is 0.640. The molecule has 0 bridgehead atoms. The van der Waals surface area contributed by atoms with E-state index in [4.69, 9.17) is 0 Å². The molecule has 0 aliphatic rings. The van der Waals surface area contributed by atoms with Gasteiger partial charge in [-0.05, 0) is 37.0 Å². The van der Waals surface area contributed by atoms with E-state index in [9.17, 15) is 0 Å². The number of rotatable bonds is 9. The second kappa shape index (κ2) is 8.51. The van der Waals surface area contributed by atoms with Gasteiger partial charge in [0.15, 0.2) is 0 Å². The van der Waals surface area contributed by atoms with Crippen molar-refractivity contribution in [3.05, 3.63) is 24.6 Å². The van der Waals surface area contributed by atoms with Crippen molar-refractivity contribution >= 4 is 0 Å². The van der Waals surface area contributed by atoms with Gasteiger partial charge >= 0.3 is 0 Å². The van der Waals surface area contributed by atoms with Crippen molar-refractivity contribution in [3.63, 3.8) is 0 Å². The average Bonchev–Trinajstić information content (AvgIpc) is 2.24. The van der Waals surface area contributed by atoms with Crippen LogP contribution in [0.1, 0.15) is 68.2 Å². The van der Waals surface area contributed by atoms with Crippen LogP contribution >= 0.6 is 0 Å². The van der Waals surface area contributed by atoms with Crippen LogP contribution in [0.5, 0.6) is 0 Å². The van der Waals surface area contributed by atoms with E-state index in [1.807, 2.05) is 0 Å². The van der Waals surface area contributed by atoms with Crippen LogP contribution < -0.4 is 10.6 Å². The molecule has 124 valence electrons. The van der Waals surface area contributed by atoms with Crippen LogP contribution in [0.2, 0.25) is 0 Å². The van der Waals surface area contributed by atoms with Crippen molar-refractivity contribution in [3.8, 4) is 0 Å². The molecular formula is C19H38N2. The molecule has 2 nitrogen and oxygen atoms in total. The Morgan fingerprint density at radius 2 is 1.43 bits per heavy atom. The lowest BCUT2D eigenvalue weighted by Gasteiger charge is -2.33. The van der Waals surface area contributed by atoms with Gasteiger partial charge in [-0.25, -0.2) is 0 Å². The average molecular weight is 295 g/mol. The third-order valence-corrected chi connectivity index (χ3v) is 3.86. The maximum absolute atomic E-state index is 4.28. The van der Waals surface area contributed by atoms with Crippen LogP contribution in [0.25, 0.3) is 0 Å². The van der Waals surface area contributed by atoms with Gasteiger partial charge in [-0.2, -0.15) is 0 Å². The van der Waals surface area contributed by atoms with Crippen LogP contribution in [0.4, 0.5) is 0 Å². The highest BCUT2D eigenvalue weighted by Gasteiger charge is 2.23. The highest BCUT2D eigenvalue weighted by atomic mass is 15.0. The highest BCUT2D eigenvalue weighted by Crippen LogP contribution is 2.21. The molecule has 0 aliphatic heterocycles. The molecule has 2 atom stereocenters. The lowest BCUT2D eigenvalue weighted by molar-refractivity contribution is 0.293. The number of hydrogen-bond acceptors (Lipinski definition) is 2. The zero-order chi connectivity index (χ0) is 16.8. The molecule has 2 unspecified atom stereocenters. The third-order valence-electron chi connectivity index (χ3n) is 3.86. The Labute approximate surface area is 133 Å². The van der Waals surface area contributed by atoms with E-state index in [2.05, 4.69) is 79.2 Å². The zero-order valence-electron chi connectivity index (χ0n) is 15.6. The van der Waals surface area contributed by atoms with Crippen LogP contribution in [0.15, 0.2) is 24.6 Å². The topological polar surface area (TPSA) is 24.1 Å². The van der Waals surface area contributed by atoms with Crippen molar-refractivity contribution in [1.29, 1.82) is 0 Å². The molecule has 0 spiro atoms. The van der Waals surface area contributed by atoms with Gasteiger partial charge in [-0.1, -0.05) is 61.6 Å². The van der Waals surface area contributed by atoms with Crippen LogP contribution in [-0.2, 0) is 0 Å². The minimum atomic E-state index is 0.222. The largest absolute Gasteiger partial charge is 0.384 e. The molecule has 0 aromatic carbocycles. The lowest BCUT2D eigenvalue weighted by Crippen LogP contribution is -2.44. The molecule has 2 heteroatoms. The van der Waals surface area contributed by atoms with E-state index in [-0.39, 0.29) is 11.5 Å². The standard InChI is InChI=1S/C19H38N2/c1-13(2)11-15(5)20-18(12-14(3)4)16(6)21-17(7)19(8,9)10/h13-14,17-18,20-21H,5-6,11-12H2,1-4,7-10H3. The van der Waals surface area contributed by atoms with E-state index < -0.39 is 0 Å². The minimum Gasteiger partial charge on any atom is -0.384 e. The molecule has 0 radical (unpaired) electrons. The maximum atomic E-state index is 4.28. The highest BCUT2D eigenvalue weighted by molar-refractivity contribution is 5.10. The maximum Gasteiger partial charge on any atom is 0.0653 e. The summed E-state index contributed by atoms with van der Waals surface area (Å²) in [7, 11) is 0. The number of hydrogen-bond donors (Lipinski definition) is 2. The van der Waals surface area contributed by atoms with E-state index >= 15 is 0 Å². The molecule has 0 aromatic rings. The first-order valence-electron chi connectivity index (χ1n) is 8.33. The van der Waals surface area contributed by atoms with E-state index in [1.54, 1.807) is 0 Å². The molecule has 0 saturated heterocycles. The van der Waals surface area contributed by atoms with Gasteiger partial charge in [0, 0.05) is 17.4 Å². The van der Waals surface area contributed by atoms with Crippen molar-refractivity contribution in [2.75, 3.05) is 0 Å². The van der Waals surface area contributed by atoms with Crippen LogP contribution in [-0.4, -0.2) is 12.1 Å². The second-order valence-corrected chi connectivity index (χ2v) is 8.29. The fourth-order valence-electron chi connectivity index (χ4n) is 2.15. The molecule has 0 fully saturated rings. The van der Waals surface area contributed by atoms with Crippen LogP contribution in [0.3, 0.4) is 0 Å². The third kappa shape index (κ3) is 8.85. The van der Waals surface area contributed by atoms with Gasteiger partial charge in [0.2, 0.25) is 0 Å². The summed E-state index contributed by atoms with van der Waals surface area (Å²) < 4.78 is 0. The summed E-state index contributed by atoms with van der Waals surface area (Å²) in [5, 5.41) is 7.17. The first-order chi connectivity index (χ1) is 9.43. The monoisotopic (exact) mass is 294 g/mol. The van der Waals surface area contributed by atoms with E-state index in [0.29, 0.717) is 17.9 Å². The molecule has 0 heterocycles. The fraction of sp³-hybridized carbons (Fsp3) is 0.789. The smallest absolute Gasteiger partial charge is 0.0653 e. The zero-order valence-corrected chi connectivity index (χ0v) is 15.6. The Morgan fingerprint density at radius 1 is 0.905 bits per heavy atom. The second-order valence-electron chi connectivity index (χ2n) is 8.29. The van der Waals surface area contributed by atoms with Gasteiger partial charge in [-0.3, -0.25) is 0 Å². The van der Waals surface area contributed by atoms with E-state index in [1.165, 1.54) is 0 Å². The Kier molecular flexibility index (Phi) is 8.13. The molecular weight excluding hydrogens is 256 g/mol. The van der Waals surface area contributed by atoms with Gasteiger partial charge in [0.05, 0.1) is 6.04 Å². The van der Waals surface area contributed by atoms with Gasteiger partial charge in [-0.15, -0.1) is 0 Å². The fourth-order valence-corrected chi connectivity index (χ4v) is 2.15. The predicted molar refractivity (Wildman–Crippen MR) is 96.2 cm³/mol. The first-order valence-corrected chi connectivity index (χ1v) is 8.33. The van der Waals surface area contributed by atoms with Crippen molar-refractivity contribution in [2.45, 2.75) is 80.3 Å². The van der Waals surface area contributed by atoms with Crippen molar-refractivity contribution in [1.82, 2.24) is 10.6 Å². The Morgan fingerprint density at radius 3 is 1.81 bits per heavy atom. The number of nitrogens with one attached hydrogen (secondary N) is 2. The molecule has 2 N–H and O–H groups in total. The van der Waals surface area contributed by atoms with Gasteiger partial charge in [0.1, 0.15) is 0 Å². The summed E-state index contributed by atoms with van der Waals surface area (Å²) in [5.74, 6) is 1.25. The summed E-state index contributed by atoms with van der Waals surface area (Å²) >= 11 is 0. The summed E-state index contributed by atoms with van der Waals surface area (Å²) in [4.78, 5) is 0. The van der Waals surface area contributed by atoms with Gasteiger partial charge in [0.25, 0.3) is 0 Å². The molecule has 0 aliphatic carbocycles. The normalized spacial score (nSPS) is 15.0. The Balaban J connectivity index is 4.74. The quantitative estimate of drug-likeness (QED) is 0.619. The first kappa shape index (κ1) is 20.1.